The van der Waals surface area contributed by atoms with Gasteiger partial charge in [0, 0.05) is 19.7 Å². The van der Waals surface area contributed by atoms with Crippen LogP contribution in [0.3, 0.4) is 0 Å². The fraction of sp³-hybridized carbons (Fsp3) is 0.900. The number of aliphatic hydroxyl groups excluding tert-OH is 1. The van der Waals surface area contributed by atoms with Gasteiger partial charge in [0.05, 0.1) is 18.8 Å². The smallest absolute Gasteiger partial charge is 0.237 e. The second-order valence-electron chi connectivity index (χ2n) is 4.02. The van der Waals surface area contributed by atoms with Gasteiger partial charge in [-0.05, 0) is 19.8 Å². The van der Waals surface area contributed by atoms with E-state index in [0.717, 1.165) is 12.8 Å². The van der Waals surface area contributed by atoms with Crippen LogP contribution in [0, 0.1) is 0 Å². The number of carbonyl (C=O) groups excluding carboxylic acids is 1. The van der Waals surface area contributed by atoms with E-state index in [1.54, 1.807) is 6.92 Å². The number of ether oxygens (including phenoxy) is 1. The lowest BCUT2D eigenvalue weighted by atomic mass is 10.3. The van der Waals surface area contributed by atoms with E-state index in [1.165, 1.54) is 7.11 Å². The minimum Gasteiger partial charge on any atom is -0.389 e. The molecule has 15 heavy (non-hydrogen) atoms. The molecule has 0 aromatic heterocycles. The van der Waals surface area contributed by atoms with Gasteiger partial charge in [0.2, 0.25) is 5.91 Å². The molecule has 1 fully saturated rings. The van der Waals surface area contributed by atoms with E-state index in [0.29, 0.717) is 12.6 Å². The van der Waals surface area contributed by atoms with Crippen LogP contribution in [0.2, 0.25) is 0 Å². The Labute approximate surface area is 90.2 Å². The van der Waals surface area contributed by atoms with Gasteiger partial charge >= 0.3 is 0 Å². The topological polar surface area (TPSA) is 70.6 Å². The standard InChI is InChI=1S/C10H20N2O3/c1-7(10(14)12-8-3-4-8)11-5-9(13)6-15-2/h7-9,11,13H,3-6H2,1-2H3,(H,12,14). The Kier molecular flexibility index (Phi) is 5.01. The summed E-state index contributed by atoms with van der Waals surface area (Å²) in [6, 6.07) is 0.114. The Morgan fingerprint density at radius 2 is 2.27 bits per heavy atom. The van der Waals surface area contributed by atoms with Gasteiger partial charge in [-0.3, -0.25) is 4.79 Å². The molecule has 1 rings (SSSR count). The lowest BCUT2D eigenvalue weighted by molar-refractivity contribution is -0.123. The SMILES string of the molecule is COCC(O)CNC(C)C(=O)NC1CC1. The molecule has 0 spiro atoms. The molecule has 0 aromatic carbocycles. The first-order valence-electron chi connectivity index (χ1n) is 5.34. The predicted octanol–water partition coefficient (Wildman–Crippen LogP) is -0.750. The van der Waals surface area contributed by atoms with E-state index < -0.39 is 6.10 Å². The summed E-state index contributed by atoms with van der Waals surface area (Å²) < 4.78 is 4.78. The van der Waals surface area contributed by atoms with Gasteiger partial charge in [0.1, 0.15) is 0 Å². The van der Waals surface area contributed by atoms with Crippen LogP contribution in [0.15, 0.2) is 0 Å². The molecular formula is C10H20N2O3. The van der Waals surface area contributed by atoms with Gasteiger partial charge in [-0.2, -0.15) is 0 Å². The van der Waals surface area contributed by atoms with Crippen molar-refractivity contribution in [1.29, 1.82) is 0 Å². The monoisotopic (exact) mass is 216 g/mol. The maximum atomic E-state index is 11.5. The molecule has 88 valence electrons. The van der Waals surface area contributed by atoms with Crippen LogP contribution in [-0.4, -0.2) is 49.5 Å². The number of carbonyl (C=O) groups is 1. The molecule has 0 bridgehead atoms. The van der Waals surface area contributed by atoms with E-state index >= 15 is 0 Å². The van der Waals surface area contributed by atoms with Gasteiger partial charge < -0.3 is 20.5 Å². The molecular weight excluding hydrogens is 196 g/mol. The van der Waals surface area contributed by atoms with Gasteiger partial charge in [0.25, 0.3) is 0 Å². The zero-order valence-corrected chi connectivity index (χ0v) is 9.32. The summed E-state index contributed by atoms with van der Waals surface area (Å²) in [5.41, 5.74) is 0. The summed E-state index contributed by atoms with van der Waals surface area (Å²) in [5, 5.41) is 15.2. The second-order valence-corrected chi connectivity index (χ2v) is 4.02. The van der Waals surface area contributed by atoms with E-state index in [2.05, 4.69) is 10.6 Å². The number of hydrogen-bond donors (Lipinski definition) is 3. The lowest BCUT2D eigenvalue weighted by Crippen LogP contribution is -2.46. The molecule has 0 heterocycles. The normalized spacial score (nSPS) is 19.7. The Bertz CT molecular complexity index is 207. The van der Waals surface area contributed by atoms with Crippen LogP contribution in [0.25, 0.3) is 0 Å². The van der Waals surface area contributed by atoms with Crippen molar-refractivity contribution in [2.24, 2.45) is 0 Å². The molecule has 1 aliphatic rings. The maximum absolute atomic E-state index is 11.5. The zero-order chi connectivity index (χ0) is 11.3. The predicted molar refractivity (Wildman–Crippen MR) is 56.5 cm³/mol. The third-order valence-corrected chi connectivity index (χ3v) is 2.34. The number of methoxy groups -OCH3 is 1. The van der Waals surface area contributed by atoms with Crippen LogP contribution in [-0.2, 0) is 9.53 Å². The largest absolute Gasteiger partial charge is 0.389 e. The minimum atomic E-state index is -0.564. The number of nitrogens with one attached hydrogen (secondary N) is 2. The number of hydrogen-bond acceptors (Lipinski definition) is 4. The molecule has 1 aliphatic carbocycles. The Morgan fingerprint density at radius 3 is 2.80 bits per heavy atom. The van der Waals surface area contributed by atoms with Crippen molar-refractivity contribution in [2.75, 3.05) is 20.3 Å². The summed E-state index contributed by atoms with van der Waals surface area (Å²) in [6.07, 6.45) is 1.61. The molecule has 3 N–H and O–H groups in total. The van der Waals surface area contributed by atoms with Crippen LogP contribution >= 0.6 is 0 Å². The first kappa shape index (κ1) is 12.4. The molecule has 0 radical (unpaired) electrons. The minimum absolute atomic E-state index is 0.00196. The average Bonchev–Trinajstić information content (AvgIpc) is 2.98. The number of amides is 1. The van der Waals surface area contributed by atoms with Crippen LogP contribution in [0.1, 0.15) is 19.8 Å². The quantitative estimate of drug-likeness (QED) is 0.524. The third-order valence-electron chi connectivity index (χ3n) is 2.34. The highest BCUT2D eigenvalue weighted by Gasteiger charge is 2.25. The first-order chi connectivity index (χ1) is 7.13. The van der Waals surface area contributed by atoms with Crippen molar-refractivity contribution < 1.29 is 14.6 Å². The Morgan fingerprint density at radius 1 is 1.60 bits per heavy atom. The molecule has 2 unspecified atom stereocenters. The van der Waals surface area contributed by atoms with Crippen molar-refractivity contribution in [3.63, 3.8) is 0 Å². The molecule has 2 atom stereocenters. The molecule has 0 aromatic rings. The van der Waals surface area contributed by atoms with E-state index in [1.807, 2.05) is 0 Å². The Balaban J connectivity index is 2.10. The van der Waals surface area contributed by atoms with E-state index in [9.17, 15) is 9.90 Å². The highest BCUT2D eigenvalue weighted by atomic mass is 16.5. The molecule has 1 amide bonds. The lowest BCUT2D eigenvalue weighted by Gasteiger charge is -2.16. The van der Waals surface area contributed by atoms with Gasteiger partial charge in [0.15, 0.2) is 0 Å². The fourth-order valence-corrected chi connectivity index (χ4v) is 1.21. The second kappa shape index (κ2) is 6.05. The van der Waals surface area contributed by atoms with Crippen molar-refractivity contribution in [1.82, 2.24) is 10.6 Å². The summed E-state index contributed by atoms with van der Waals surface area (Å²) in [7, 11) is 1.53. The third kappa shape index (κ3) is 5.11. The summed E-state index contributed by atoms with van der Waals surface area (Å²) in [6.45, 7) is 2.44. The number of aliphatic hydroxyl groups is 1. The fourth-order valence-electron chi connectivity index (χ4n) is 1.21. The first-order valence-corrected chi connectivity index (χ1v) is 5.34. The zero-order valence-electron chi connectivity index (χ0n) is 9.32. The number of rotatable bonds is 7. The van der Waals surface area contributed by atoms with Crippen molar-refractivity contribution in [3.8, 4) is 0 Å². The van der Waals surface area contributed by atoms with Crippen molar-refractivity contribution in [2.45, 2.75) is 38.0 Å². The van der Waals surface area contributed by atoms with E-state index in [-0.39, 0.29) is 18.6 Å². The van der Waals surface area contributed by atoms with Crippen LogP contribution < -0.4 is 10.6 Å². The molecule has 5 heteroatoms. The Hall–Kier alpha value is -0.650. The van der Waals surface area contributed by atoms with Crippen molar-refractivity contribution >= 4 is 5.91 Å². The van der Waals surface area contributed by atoms with Crippen molar-refractivity contribution in [3.05, 3.63) is 0 Å². The highest BCUT2D eigenvalue weighted by molar-refractivity contribution is 5.81. The maximum Gasteiger partial charge on any atom is 0.237 e. The molecule has 5 nitrogen and oxygen atoms in total. The highest BCUT2D eigenvalue weighted by Crippen LogP contribution is 2.18. The van der Waals surface area contributed by atoms with Crippen LogP contribution in [0.4, 0.5) is 0 Å². The van der Waals surface area contributed by atoms with Gasteiger partial charge in [-0.25, -0.2) is 0 Å². The summed E-state index contributed by atoms with van der Waals surface area (Å²) >= 11 is 0. The molecule has 1 saturated carbocycles. The summed E-state index contributed by atoms with van der Waals surface area (Å²) in [5.74, 6) is 0.00196. The van der Waals surface area contributed by atoms with Crippen LogP contribution in [0.5, 0.6) is 0 Å². The average molecular weight is 216 g/mol. The van der Waals surface area contributed by atoms with Gasteiger partial charge in [-0.15, -0.1) is 0 Å². The molecule has 0 saturated heterocycles. The summed E-state index contributed by atoms with van der Waals surface area (Å²) in [4.78, 5) is 11.5. The van der Waals surface area contributed by atoms with Gasteiger partial charge in [-0.1, -0.05) is 0 Å². The van der Waals surface area contributed by atoms with E-state index in [4.69, 9.17) is 4.74 Å². The molecule has 0 aliphatic heterocycles.